The SMILES string of the molecule is C/C=C/C(=O)c1ccc(Oc2nc(Nc3ncc(C#N)s3)cc(N3CCN(C)CC3)n2)cc1. The molecule has 0 saturated carbocycles. The van der Waals surface area contributed by atoms with Gasteiger partial charge in [-0.05, 0) is 44.3 Å². The number of rotatable bonds is 7. The van der Waals surface area contributed by atoms with Gasteiger partial charge in [-0.2, -0.15) is 15.2 Å². The van der Waals surface area contributed by atoms with Gasteiger partial charge in [-0.15, -0.1) is 0 Å². The molecule has 0 radical (unpaired) electrons. The molecule has 9 nitrogen and oxygen atoms in total. The molecule has 10 heteroatoms. The van der Waals surface area contributed by atoms with Crippen LogP contribution in [0.2, 0.25) is 0 Å². The molecule has 0 amide bonds. The standard InChI is InChI=1S/C23H23N7O2S/c1-3-4-19(31)16-5-7-17(8-6-16)32-22-26-20(27-23-25-15-18(14-24)33-23)13-21(28-22)30-11-9-29(2)10-12-30/h3-8,13,15H,9-12H2,1-2H3,(H,25,26,27,28)/b4-3+. The molecule has 4 rings (SSSR count). The number of allylic oxidation sites excluding steroid dienone is 2. The van der Waals surface area contributed by atoms with Gasteiger partial charge in [-0.1, -0.05) is 17.4 Å². The molecule has 3 aromatic rings. The molecule has 1 N–H and O–H groups in total. The maximum atomic E-state index is 12.0. The van der Waals surface area contributed by atoms with Crippen LogP contribution in [0.5, 0.6) is 11.8 Å². The van der Waals surface area contributed by atoms with Crippen molar-refractivity contribution in [3.63, 3.8) is 0 Å². The average Bonchev–Trinajstić information content (AvgIpc) is 3.27. The fraction of sp³-hybridized carbons (Fsp3) is 0.261. The summed E-state index contributed by atoms with van der Waals surface area (Å²) in [6.45, 7) is 5.35. The van der Waals surface area contributed by atoms with Crippen LogP contribution in [-0.2, 0) is 0 Å². The van der Waals surface area contributed by atoms with Gasteiger partial charge in [-0.3, -0.25) is 4.79 Å². The molecule has 0 atom stereocenters. The monoisotopic (exact) mass is 461 g/mol. The largest absolute Gasteiger partial charge is 0.424 e. The Hall–Kier alpha value is -3.81. The number of carbonyl (C=O) groups excluding carboxylic acids is 1. The third kappa shape index (κ3) is 5.71. The predicted molar refractivity (Wildman–Crippen MR) is 128 cm³/mol. The highest BCUT2D eigenvalue weighted by atomic mass is 32.1. The van der Waals surface area contributed by atoms with Crippen molar-refractivity contribution in [2.45, 2.75) is 6.92 Å². The van der Waals surface area contributed by atoms with Gasteiger partial charge in [0.25, 0.3) is 0 Å². The Kier molecular flexibility index (Phi) is 6.92. The molecule has 2 aromatic heterocycles. The quantitative estimate of drug-likeness (QED) is 0.414. The number of ketones is 1. The Morgan fingerprint density at radius 3 is 2.64 bits per heavy atom. The fourth-order valence-corrected chi connectivity index (χ4v) is 3.87. The van der Waals surface area contributed by atoms with Crippen LogP contribution in [0.15, 0.2) is 48.7 Å². The highest BCUT2D eigenvalue weighted by molar-refractivity contribution is 7.16. The van der Waals surface area contributed by atoms with E-state index >= 15 is 0 Å². The van der Waals surface area contributed by atoms with Crippen LogP contribution < -0.4 is 15.0 Å². The average molecular weight is 462 g/mol. The Morgan fingerprint density at radius 2 is 1.97 bits per heavy atom. The second-order valence-electron chi connectivity index (χ2n) is 7.44. The van der Waals surface area contributed by atoms with Gasteiger partial charge in [0, 0.05) is 37.8 Å². The van der Waals surface area contributed by atoms with E-state index in [4.69, 9.17) is 10.00 Å². The van der Waals surface area contributed by atoms with Gasteiger partial charge >= 0.3 is 6.01 Å². The second kappa shape index (κ2) is 10.2. The number of hydrogen-bond donors (Lipinski definition) is 1. The topological polar surface area (TPSA) is 107 Å². The molecule has 3 heterocycles. The highest BCUT2D eigenvalue weighted by Crippen LogP contribution is 2.28. The van der Waals surface area contributed by atoms with Crippen molar-refractivity contribution >= 4 is 33.9 Å². The number of likely N-dealkylation sites (N-methyl/N-ethyl adjacent to an activating group) is 1. The Bertz CT molecular complexity index is 1190. The van der Waals surface area contributed by atoms with Gasteiger partial charge in [0.1, 0.15) is 28.3 Å². The van der Waals surface area contributed by atoms with Crippen molar-refractivity contribution in [3.8, 4) is 17.8 Å². The summed E-state index contributed by atoms with van der Waals surface area (Å²) in [6, 6.07) is 11.0. The summed E-state index contributed by atoms with van der Waals surface area (Å²) in [5, 5.41) is 12.8. The van der Waals surface area contributed by atoms with Crippen molar-refractivity contribution in [3.05, 3.63) is 59.1 Å². The molecule has 1 aromatic carbocycles. The number of aromatic nitrogens is 3. The Morgan fingerprint density at radius 1 is 1.21 bits per heavy atom. The van der Waals surface area contributed by atoms with Gasteiger partial charge in [-0.25, -0.2) is 4.98 Å². The van der Waals surface area contributed by atoms with Crippen LogP contribution in [0.4, 0.5) is 16.8 Å². The summed E-state index contributed by atoms with van der Waals surface area (Å²) in [5.74, 6) is 1.72. The molecular weight excluding hydrogens is 438 g/mol. The molecule has 0 spiro atoms. The van der Waals surface area contributed by atoms with E-state index in [1.54, 1.807) is 37.3 Å². The second-order valence-corrected chi connectivity index (χ2v) is 8.47. The number of piperazine rings is 1. The summed E-state index contributed by atoms with van der Waals surface area (Å²) in [4.78, 5) is 30.3. The number of benzene rings is 1. The van der Waals surface area contributed by atoms with Crippen molar-refractivity contribution in [1.82, 2.24) is 19.9 Å². The third-order valence-electron chi connectivity index (χ3n) is 5.04. The normalized spacial score (nSPS) is 14.3. The van der Waals surface area contributed by atoms with E-state index in [-0.39, 0.29) is 11.8 Å². The summed E-state index contributed by atoms with van der Waals surface area (Å²) < 4.78 is 5.93. The van der Waals surface area contributed by atoms with Crippen molar-refractivity contribution < 1.29 is 9.53 Å². The van der Waals surface area contributed by atoms with Crippen LogP contribution in [0.25, 0.3) is 0 Å². The van der Waals surface area contributed by atoms with E-state index in [1.165, 1.54) is 23.6 Å². The molecule has 0 unspecified atom stereocenters. The number of hydrogen-bond acceptors (Lipinski definition) is 10. The van der Waals surface area contributed by atoms with Gasteiger partial charge in [0.05, 0.1) is 6.20 Å². The number of nitriles is 1. The molecule has 1 aliphatic rings. The number of nitrogens with one attached hydrogen (secondary N) is 1. The minimum absolute atomic E-state index is 0.0657. The summed E-state index contributed by atoms with van der Waals surface area (Å²) in [6.07, 6.45) is 4.75. The number of anilines is 3. The molecule has 0 aliphatic carbocycles. The van der Waals surface area contributed by atoms with Gasteiger partial charge in [0.15, 0.2) is 10.9 Å². The zero-order valence-electron chi connectivity index (χ0n) is 18.4. The third-order valence-corrected chi connectivity index (χ3v) is 5.85. The van der Waals surface area contributed by atoms with E-state index in [0.29, 0.717) is 27.1 Å². The lowest BCUT2D eigenvalue weighted by molar-refractivity contribution is 0.104. The number of nitrogens with zero attached hydrogens (tertiary/aromatic N) is 6. The van der Waals surface area contributed by atoms with Crippen LogP contribution in [0.1, 0.15) is 22.2 Å². The van der Waals surface area contributed by atoms with Gasteiger partial charge in [0.2, 0.25) is 0 Å². The molecular formula is C23H23N7O2S. The highest BCUT2D eigenvalue weighted by Gasteiger charge is 2.18. The number of carbonyl (C=O) groups is 1. The first-order valence-corrected chi connectivity index (χ1v) is 11.3. The van der Waals surface area contributed by atoms with E-state index in [2.05, 4.69) is 43.2 Å². The number of ether oxygens (including phenoxy) is 1. The maximum Gasteiger partial charge on any atom is 0.325 e. The molecule has 168 valence electrons. The zero-order valence-corrected chi connectivity index (χ0v) is 19.2. The molecule has 33 heavy (non-hydrogen) atoms. The lowest BCUT2D eigenvalue weighted by atomic mass is 10.1. The van der Waals surface area contributed by atoms with Gasteiger partial charge < -0.3 is 19.9 Å². The minimum atomic E-state index is -0.0657. The smallest absolute Gasteiger partial charge is 0.325 e. The van der Waals surface area contributed by atoms with Crippen LogP contribution in [0.3, 0.4) is 0 Å². The maximum absolute atomic E-state index is 12.0. The van der Waals surface area contributed by atoms with Crippen LogP contribution in [-0.4, -0.2) is 58.9 Å². The Balaban J connectivity index is 1.59. The molecule has 1 aliphatic heterocycles. The van der Waals surface area contributed by atoms with Crippen LogP contribution >= 0.6 is 11.3 Å². The molecule has 1 fully saturated rings. The summed E-state index contributed by atoms with van der Waals surface area (Å²) >= 11 is 1.25. The molecule has 0 bridgehead atoms. The minimum Gasteiger partial charge on any atom is -0.424 e. The summed E-state index contributed by atoms with van der Waals surface area (Å²) in [5.41, 5.74) is 0.576. The van der Waals surface area contributed by atoms with Crippen molar-refractivity contribution in [1.29, 1.82) is 5.26 Å². The first kappa shape index (κ1) is 22.4. The predicted octanol–water partition coefficient (Wildman–Crippen LogP) is 3.85. The lowest BCUT2D eigenvalue weighted by Gasteiger charge is -2.33. The summed E-state index contributed by atoms with van der Waals surface area (Å²) in [7, 11) is 2.10. The Labute approximate surface area is 196 Å². The van der Waals surface area contributed by atoms with E-state index in [9.17, 15) is 4.79 Å². The zero-order chi connectivity index (χ0) is 23.2. The lowest BCUT2D eigenvalue weighted by Crippen LogP contribution is -2.44. The van der Waals surface area contributed by atoms with Crippen molar-refractivity contribution in [2.24, 2.45) is 0 Å². The number of thiazole rings is 1. The van der Waals surface area contributed by atoms with Crippen LogP contribution in [0, 0.1) is 11.3 Å². The molecule has 1 saturated heterocycles. The van der Waals surface area contributed by atoms with E-state index in [0.717, 1.165) is 32.0 Å². The van der Waals surface area contributed by atoms with E-state index < -0.39 is 0 Å². The fourth-order valence-electron chi connectivity index (χ4n) is 3.25. The van der Waals surface area contributed by atoms with Crippen molar-refractivity contribution in [2.75, 3.05) is 43.4 Å². The first-order chi connectivity index (χ1) is 16.0. The van der Waals surface area contributed by atoms with E-state index in [1.807, 2.05) is 6.07 Å². The first-order valence-electron chi connectivity index (χ1n) is 10.4.